The topological polar surface area (TPSA) is 78.6 Å². The average Bonchev–Trinajstić information content (AvgIpc) is 2.38. The molecule has 1 aliphatic heterocycles. The maximum atomic E-state index is 11.0. The highest BCUT2D eigenvalue weighted by Crippen LogP contribution is 2.39. The number of piperidine rings is 1. The van der Waals surface area contributed by atoms with Crippen molar-refractivity contribution in [2.75, 3.05) is 19.6 Å². The third-order valence-electron chi connectivity index (χ3n) is 4.55. The number of fused-ring (bicyclic) bond motifs is 1. The van der Waals surface area contributed by atoms with Crippen LogP contribution in [0.2, 0.25) is 0 Å². The lowest BCUT2D eigenvalue weighted by atomic mass is 9.71. The molecule has 0 aromatic carbocycles. The van der Waals surface area contributed by atoms with Crippen molar-refractivity contribution >= 4 is 5.91 Å². The van der Waals surface area contributed by atoms with E-state index < -0.39 is 5.60 Å². The van der Waals surface area contributed by atoms with Crippen LogP contribution in [0.25, 0.3) is 0 Å². The molecule has 0 spiro atoms. The van der Waals surface area contributed by atoms with E-state index in [-0.39, 0.29) is 5.91 Å². The first-order valence-electron chi connectivity index (χ1n) is 7.08. The van der Waals surface area contributed by atoms with Gasteiger partial charge in [-0.25, -0.2) is 5.84 Å². The molecule has 5 nitrogen and oxygen atoms in total. The van der Waals surface area contributed by atoms with Gasteiger partial charge in [0.15, 0.2) is 0 Å². The lowest BCUT2D eigenvalue weighted by molar-refractivity contribution is -0.121. The summed E-state index contributed by atoms with van der Waals surface area (Å²) < 4.78 is 0. The lowest BCUT2D eigenvalue weighted by Crippen LogP contribution is -2.53. The lowest BCUT2D eigenvalue weighted by Gasteiger charge is -2.47. The molecule has 104 valence electrons. The summed E-state index contributed by atoms with van der Waals surface area (Å²) in [6, 6.07) is 0. The van der Waals surface area contributed by atoms with Crippen LogP contribution < -0.4 is 11.3 Å². The fraction of sp³-hybridized carbons (Fsp3) is 0.923. The number of hydrogen-bond donors (Lipinski definition) is 3. The zero-order chi connectivity index (χ0) is 13.0. The molecular weight excluding hydrogens is 230 g/mol. The summed E-state index contributed by atoms with van der Waals surface area (Å²) in [5, 5.41) is 10.6. The number of nitrogens with two attached hydrogens (primary N) is 1. The van der Waals surface area contributed by atoms with E-state index in [0.29, 0.717) is 12.3 Å². The standard InChI is InChI=1S/C13H25N3O2/c14-15-12(17)5-3-8-16-9-7-13(18)6-2-1-4-11(13)10-16/h11,18H,1-10,14H2,(H,15,17). The Hall–Kier alpha value is -0.650. The fourth-order valence-corrected chi connectivity index (χ4v) is 3.38. The first-order valence-corrected chi connectivity index (χ1v) is 7.08. The van der Waals surface area contributed by atoms with Crippen molar-refractivity contribution in [1.29, 1.82) is 0 Å². The molecule has 5 heteroatoms. The summed E-state index contributed by atoms with van der Waals surface area (Å²) in [5.41, 5.74) is 1.76. The molecule has 2 unspecified atom stereocenters. The van der Waals surface area contributed by atoms with Crippen LogP contribution in [0.3, 0.4) is 0 Å². The Bertz CT molecular complexity index is 298. The van der Waals surface area contributed by atoms with E-state index in [4.69, 9.17) is 5.84 Å². The number of carbonyl (C=O) groups is 1. The SMILES string of the molecule is NNC(=O)CCCN1CCC2(O)CCCCC2C1. The highest BCUT2D eigenvalue weighted by molar-refractivity contribution is 5.75. The minimum atomic E-state index is -0.399. The number of rotatable bonds is 4. The molecule has 2 fully saturated rings. The number of carbonyl (C=O) groups excluding carboxylic acids is 1. The number of nitrogens with zero attached hydrogens (tertiary/aromatic N) is 1. The van der Waals surface area contributed by atoms with Crippen LogP contribution in [0, 0.1) is 5.92 Å². The average molecular weight is 255 g/mol. The number of hydrazine groups is 1. The minimum Gasteiger partial charge on any atom is -0.390 e. The molecule has 2 aliphatic rings. The molecule has 0 bridgehead atoms. The smallest absolute Gasteiger partial charge is 0.233 e. The van der Waals surface area contributed by atoms with Crippen LogP contribution in [0.5, 0.6) is 0 Å². The second kappa shape index (κ2) is 5.99. The highest BCUT2D eigenvalue weighted by atomic mass is 16.3. The van der Waals surface area contributed by atoms with Gasteiger partial charge in [-0.05, 0) is 32.2 Å². The maximum Gasteiger partial charge on any atom is 0.233 e. The third kappa shape index (κ3) is 3.22. The zero-order valence-electron chi connectivity index (χ0n) is 11.0. The summed E-state index contributed by atoms with van der Waals surface area (Å²) in [6.07, 6.45) is 6.76. The Balaban J connectivity index is 1.75. The molecular formula is C13H25N3O2. The van der Waals surface area contributed by atoms with E-state index in [2.05, 4.69) is 10.3 Å². The van der Waals surface area contributed by atoms with E-state index in [1.807, 2.05) is 0 Å². The van der Waals surface area contributed by atoms with Crippen molar-refractivity contribution in [2.45, 2.75) is 50.5 Å². The van der Waals surface area contributed by atoms with Gasteiger partial charge in [0.1, 0.15) is 0 Å². The Morgan fingerprint density at radius 3 is 3.06 bits per heavy atom. The molecule has 1 saturated carbocycles. The molecule has 2 atom stereocenters. The molecule has 1 heterocycles. The predicted molar refractivity (Wildman–Crippen MR) is 69.5 cm³/mol. The molecule has 1 aliphatic carbocycles. The number of amides is 1. The molecule has 4 N–H and O–H groups in total. The van der Waals surface area contributed by atoms with E-state index in [0.717, 1.165) is 45.3 Å². The number of hydrogen-bond acceptors (Lipinski definition) is 4. The molecule has 0 aromatic rings. The van der Waals surface area contributed by atoms with Gasteiger partial charge >= 0.3 is 0 Å². The van der Waals surface area contributed by atoms with Gasteiger partial charge in [-0.3, -0.25) is 10.2 Å². The second-order valence-corrected chi connectivity index (χ2v) is 5.77. The van der Waals surface area contributed by atoms with Crippen LogP contribution in [0.4, 0.5) is 0 Å². The molecule has 18 heavy (non-hydrogen) atoms. The van der Waals surface area contributed by atoms with Crippen LogP contribution >= 0.6 is 0 Å². The summed E-state index contributed by atoms with van der Waals surface area (Å²) in [6.45, 7) is 2.87. The van der Waals surface area contributed by atoms with Gasteiger partial charge < -0.3 is 10.0 Å². The highest BCUT2D eigenvalue weighted by Gasteiger charge is 2.42. The largest absolute Gasteiger partial charge is 0.390 e. The van der Waals surface area contributed by atoms with Gasteiger partial charge in [-0.2, -0.15) is 0 Å². The number of aliphatic hydroxyl groups is 1. The van der Waals surface area contributed by atoms with Gasteiger partial charge in [-0.1, -0.05) is 12.8 Å². The Labute approximate surface area is 109 Å². The van der Waals surface area contributed by atoms with Crippen LogP contribution in [-0.4, -0.2) is 41.1 Å². The van der Waals surface area contributed by atoms with E-state index in [1.54, 1.807) is 0 Å². The second-order valence-electron chi connectivity index (χ2n) is 5.77. The van der Waals surface area contributed by atoms with Crippen molar-refractivity contribution < 1.29 is 9.90 Å². The first kappa shape index (κ1) is 13.8. The van der Waals surface area contributed by atoms with Crippen molar-refractivity contribution in [3.8, 4) is 0 Å². The van der Waals surface area contributed by atoms with Gasteiger partial charge in [0.2, 0.25) is 5.91 Å². The summed E-state index contributed by atoms with van der Waals surface area (Å²) >= 11 is 0. The predicted octanol–water partition coefficient (Wildman–Crippen LogP) is 0.383. The van der Waals surface area contributed by atoms with E-state index in [9.17, 15) is 9.90 Å². The number of likely N-dealkylation sites (tertiary alicyclic amines) is 1. The Kier molecular flexibility index (Phi) is 4.59. The molecule has 0 radical (unpaired) electrons. The Morgan fingerprint density at radius 2 is 2.28 bits per heavy atom. The maximum absolute atomic E-state index is 11.0. The van der Waals surface area contributed by atoms with Crippen LogP contribution in [0.1, 0.15) is 44.9 Å². The van der Waals surface area contributed by atoms with Gasteiger partial charge in [0, 0.05) is 25.4 Å². The van der Waals surface area contributed by atoms with E-state index in [1.165, 1.54) is 12.8 Å². The quantitative estimate of drug-likeness (QED) is 0.385. The van der Waals surface area contributed by atoms with Crippen molar-refractivity contribution in [3.63, 3.8) is 0 Å². The fourth-order valence-electron chi connectivity index (χ4n) is 3.38. The summed E-state index contributed by atoms with van der Waals surface area (Å²) in [7, 11) is 0. The normalized spacial score (nSPS) is 32.9. The van der Waals surface area contributed by atoms with Gasteiger partial charge in [-0.15, -0.1) is 0 Å². The van der Waals surface area contributed by atoms with Crippen LogP contribution in [-0.2, 0) is 4.79 Å². The summed E-state index contributed by atoms with van der Waals surface area (Å²) in [5.74, 6) is 5.39. The summed E-state index contributed by atoms with van der Waals surface area (Å²) in [4.78, 5) is 13.4. The van der Waals surface area contributed by atoms with Crippen molar-refractivity contribution in [1.82, 2.24) is 10.3 Å². The van der Waals surface area contributed by atoms with E-state index >= 15 is 0 Å². The van der Waals surface area contributed by atoms with Crippen molar-refractivity contribution in [2.24, 2.45) is 11.8 Å². The monoisotopic (exact) mass is 255 g/mol. The van der Waals surface area contributed by atoms with Gasteiger partial charge in [0.25, 0.3) is 0 Å². The number of nitrogens with one attached hydrogen (secondary N) is 1. The Morgan fingerprint density at radius 1 is 1.44 bits per heavy atom. The first-order chi connectivity index (χ1) is 8.64. The zero-order valence-corrected chi connectivity index (χ0v) is 11.0. The van der Waals surface area contributed by atoms with Gasteiger partial charge in [0.05, 0.1) is 5.60 Å². The van der Waals surface area contributed by atoms with Crippen LogP contribution in [0.15, 0.2) is 0 Å². The minimum absolute atomic E-state index is 0.0961. The molecule has 1 amide bonds. The molecule has 1 saturated heterocycles. The van der Waals surface area contributed by atoms with Crippen molar-refractivity contribution in [3.05, 3.63) is 0 Å². The molecule has 2 rings (SSSR count). The third-order valence-corrected chi connectivity index (χ3v) is 4.55. The molecule has 0 aromatic heterocycles.